The van der Waals surface area contributed by atoms with Crippen LogP contribution in [0.4, 0.5) is 17.6 Å². The van der Waals surface area contributed by atoms with Crippen molar-refractivity contribution in [3.05, 3.63) is 29.6 Å². The van der Waals surface area contributed by atoms with E-state index in [0.717, 1.165) is 6.07 Å². The van der Waals surface area contributed by atoms with Gasteiger partial charge in [-0.05, 0) is 32.2 Å². The molecule has 0 saturated carbocycles. The van der Waals surface area contributed by atoms with Gasteiger partial charge in [-0.1, -0.05) is 0 Å². The van der Waals surface area contributed by atoms with Crippen molar-refractivity contribution in [3.8, 4) is 0 Å². The third-order valence-electron chi connectivity index (χ3n) is 2.63. The van der Waals surface area contributed by atoms with Crippen molar-refractivity contribution in [2.75, 3.05) is 13.6 Å². The van der Waals surface area contributed by atoms with E-state index in [0.29, 0.717) is 6.07 Å². The topological polar surface area (TPSA) is 58.2 Å². The van der Waals surface area contributed by atoms with Crippen molar-refractivity contribution in [3.63, 3.8) is 0 Å². The summed E-state index contributed by atoms with van der Waals surface area (Å²) in [6, 6.07) is 1.35. The molecule has 0 aromatic heterocycles. The first-order valence-electron chi connectivity index (χ1n) is 5.61. The molecule has 1 rings (SSSR count). The molecule has 0 bridgehead atoms. The van der Waals surface area contributed by atoms with Crippen LogP contribution < -0.4 is 10.0 Å². The van der Waals surface area contributed by atoms with Crippen LogP contribution in [0.1, 0.15) is 12.5 Å². The Labute approximate surface area is 114 Å². The van der Waals surface area contributed by atoms with E-state index >= 15 is 0 Å². The highest BCUT2D eigenvalue weighted by Crippen LogP contribution is 2.32. The molecule has 0 heterocycles. The van der Waals surface area contributed by atoms with E-state index in [2.05, 4.69) is 10.0 Å². The monoisotopic (exact) mass is 314 g/mol. The normalized spacial score (nSPS) is 14.3. The summed E-state index contributed by atoms with van der Waals surface area (Å²) in [5.74, 6) is -1.51. The molecule has 0 spiro atoms. The molecule has 9 heteroatoms. The molecular weight excluding hydrogens is 300 g/mol. The van der Waals surface area contributed by atoms with Gasteiger partial charge < -0.3 is 5.32 Å². The summed E-state index contributed by atoms with van der Waals surface area (Å²) in [5.41, 5.74) is -1.61. The molecule has 20 heavy (non-hydrogen) atoms. The molecule has 4 nitrogen and oxygen atoms in total. The summed E-state index contributed by atoms with van der Waals surface area (Å²) in [6.07, 6.45) is -4.95. The lowest BCUT2D eigenvalue weighted by Crippen LogP contribution is -2.37. The summed E-state index contributed by atoms with van der Waals surface area (Å²) in [7, 11) is -2.51. The summed E-state index contributed by atoms with van der Waals surface area (Å²) >= 11 is 0. The Kier molecular flexibility index (Phi) is 5.11. The number of benzene rings is 1. The third-order valence-corrected chi connectivity index (χ3v) is 4.05. The van der Waals surface area contributed by atoms with Gasteiger partial charge in [0.15, 0.2) is 0 Å². The zero-order valence-corrected chi connectivity index (χ0v) is 11.6. The second-order valence-corrected chi connectivity index (χ2v) is 5.95. The predicted octanol–water partition coefficient (Wildman–Crippen LogP) is 1.73. The zero-order chi connectivity index (χ0) is 15.6. The first kappa shape index (κ1) is 16.9. The molecule has 1 unspecified atom stereocenters. The van der Waals surface area contributed by atoms with Crippen LogP contribution in [0.5, 0.6) is 0 Å². The maximum atomic E-state index is 13.1. The molecule has 1 aromatic rings. The Bertz CT molecular complexity index is 572. The van der Waals surface area contributed by atoms with Crippen LogP contribution in [-0.4, -0.2) is 28.1 Å². The van der Waals surface area contributed by atoms with E-state index < -0.39 is 32.5 Å². The standard InChI is InChI=1S/C11H14F4N2O2S/c1-7(16-2)6-17-20(18,19)8-3-4-10(12)9(5-8)11(13,14)15/h3-5,7,16-17H,6H2,1-2H3. The van der Waals surface area contributed by atoms with Crippen molar-refractivity contribution in [1.29, 1.82) is 0 Å². The van der Waals surface area contributed by atoms with Gasteiger partial charge in [0.1, 0.15) is 5.82 Å². The highest BCUT2D eigenvalue weighted by Gasteiger charge is 2.35. The molecule has 0 radical (unpaired) electrons. The number of sulfonamides is 1. The minimum absolute atomic E-state index is 0.00242. The van der Waals surface area contributed by atoms with E-state index in [1.807, 2.05) is 0 Å². The minimum atomic E-state index is -4.95. The summed E-state index contributed by atoms with van der Waals surface area (Å²) < 4.78 is 76.4. The fourth-order valence-corrected chi connectivity index (χ4v) is 2.47. The number of likely N-dealkylation sites (N-methyl/N-ethyl adjacent to an activating group) is 1. The SMILES string of the molecule is CNC(C)CNS(=O)(=O)c1ccc(F)c(C(F)(F)F)c1. The van der Waals surface area contributed by atoms with Crippen molar-refractivity contribution in [1.82, 2.24) is 10.0 Å². The van der Waals surface area contributed by atoms with Gasteiger partial charge in [-0.3, -0.25) is 0 Å². The van der Waals surface area contributed by atoms with Crippen LogP contribution in [-0.2, 0) is 16.2 Å². The van der Waals surface area contributed by atoms with Crippen LogP contribution in [0, 0.1) is 5.82 Å². The van der Waals surface area contributed by atoms with Crippen LogP contribution >= 0.6 is 0 Å². The quantitative estimate of drug-likeness (QED) is 0.814. The van der Waals surface area contributed by atoms with E-state index in [9.17, 15) is 26.0 Å². The van der Waals surface area contributed by atoms with E-state index in [1.165, 1.54) is 0 Å². The lowest BCUT2D eigenvalue weighted by Gasteiger charge is -2.13. The predicted molar refractivity (Wildman–Crippen MR) is 65.1 cm³/mol. The Morgan fingerprint density at radius 2 is 1.90 bits per heavy atom. The molecule has 1 aromatic carbocycles. The van der Waals surface area contributed by atoms with Crippen LogP contribution in [0.2, 0.25) is 0 Å². The molecule has 0 saturated heterocycles. The molecule has 0 amide bonds. The van der Waals surface area contributed by atoms with E-state index in [1.54, 1.807) is 14.0 Å². The van der Waals surface area contributed by atoms with Crippen molar-refractivity contribution < 1.29 is 26.0 Å². The molecule has 0 aliphatic rings. The molecule has 1 atom stereocenters. The Morgan fingerprint density at radius 1 is 1.30 bits per heavy atom. The Balaban J connectivity index is 3.08. The highest BCUT2D eigenvalue weighted by atomic mass is 32.2. The van der Waals surface area contributed by atoms with Gasteiger partial charge >= 0.3 is 6.18 Å². The largest absolute Gasteiger partial charge is 0.419 e. The Hall–Kier alpha value is -1.19. The second-order valence-electron chi connectivity index (χ2n) is 4.18. The van der Waals surface area contributed by atoms with Crippen molar-refractivity contribution in [2.24, 2.45) is 0 Å². The molecule has 0 fully saturated rings. The maximum absolute atomic E-state index is 13.1. The molecular formula is C11H14F4N2O2S. The highest BCUT2D eigenvalue weighted by molar-refractivity contribution is 7.89. The van der Waals surface area contributed by atoms with Gasteiger partial charge in [-0.25, -0.2) is 17.5 Å². The third kappa shape index (κ3) is 4.15. The lowest BCUT2D eigenvalue weighted by atomic mass is 10.2. The van der Waals surface area contributed by atoms with Crippen molar-refractivity contribution in [2.45, 2.75) is 24.0 Å². The minimum Gasteiger partial charge on any atom is -0.316 e. The molecule has 2 N–H and O–H groups in total. The number of nitrogens with one attached hydrogen (secondary N) is 2. The summed E-state index contributed by atoms with van der Waals surface area (Å²) in [6.45, 7) is 1.69. The van der Waals surface area contributed by atoms with E-state index in [-0.39, 0.29) is 18.7 Å². The maximum Gasteiger partial charge on any atom is 0.419 e. The van der Waals surface area contributed by atoms with E-state index in [4.69, 9.17) is 0 Å². The summed E-state index contributed by atoms with van der Waals surface area (Å²) in [5, 5.41) is 2.77. The van der Waals surface area contributed by atoms with Gasteiger partial charge in [-0.2, -0.15) is 13.2 Å². The fraction of sp³-hybridized carbons (Fsp3) is 0.455. The first-order valence-corrected chi connectivity index (χ1v) is 7.10. The number of rotatable bonds is 5. The van der Waals surface area contributed by atoms with Crippen LogP contribution in [0.15, 0.2) is 23.1 Å². The van der Waals surface area contributed by atoms with Gasteiger partial charge in [0.2, 0.25) is 10.0 Å². The average molecular weight is 314 g/mol. The second kappa shape index (κ2) is 6.06. The van der Waals surface area contributed by atoms with Crippen LogP contribution in [0.25, 0.3) is 0 Å². The van der Waals surface area contributed by atoms with Crippen LogP contribution in [0.3, 0.4) is 0 Å². The number of hydrogen-bond donors (Lipinski definition) is 2. The molecule has 0 aliphatic carbocycles. The van der Waals surface area contributed by atoms with Crippen molar-refractivity contribution >= 4 is 10.0 Å². The Morgan fingerprint density at radius 3 is 2.40 bits per heavy atom. The first-order chi connectivity index (χ1) is 9.08. The number of halogens is 4. The smallest absolute Gasteiger partial charge is 0.316 e. The zero-order valence-electron chi connectivity index (χ0n) is 10.8. The molecule has 0 aliphatic heterocycles. The summed E-state index contributed by atoms with van der Waals surface area (Å²) in [4.78, 5) is -0.630. The molecule has 114 valence electrons. The van der Waals surface area contributed by atoms with Gasteiger partial charge in [0.25, 0.3) is 0 Å². The fourth-order valence-electron chi connectivity index (χ4n) is 1.31. The van der Waals surface area contributed by atoms with Gasteiger partial charge in [0.05, 0.1) is 10.5 Å². The van der Waals surface area contributed by atoms with Gasteiger partial charge in [0, 0.05) is 12.6 Å². The average Bonchev–Trinajstić information content (AvgIpc) is 2.34. The lowest BCUT2D eigenvalue weighted by molar-refractivity contribution is -0.140. The number of alkyl halides is 3. The number of hydrogen-bond acceptors (Lipinski definition) is 3. The van der Waals surface area contributed by atoms with Gasteiger partial charge in [-0.15, -0.1) is 0 Å².